The predicted molar refractivity (Wildman–Crippen MR) is 71.0 cm³/mol. The number of rotatable bonds is 3. The van der Waals surface area contributed by atoms with E-state index in [0.29, 0.717) is 22.2 Å². The van der Waals surface area contributed by atoms with Gasteiger partial charge in [-0.05, 0) is 24.1 Å². The summed E-state index contributed by atoms with van der Waals surface area (Å²) in [5.41, 5.74) is 5.98. The van der Waals surface area contributed by atoms with Gasteiger partial charge in [-0.2, -0.15) is 0 Å². The summed E-state index contributed by atoms with van der Waals surface area (Å²) in [5, 5.41) is 0. The van der Waals surface area contributed by atoms with E-state index in [1.807, 2.05) is 0 Å². The van der Waals surface area contributed by atoms with E-state index in [0.717, 1.165) is 0 Å². The van der Waals surface area contributed by atoms with Gasteiger partial charge in [0.2, 0.25) is 0 Å². The number of hydrogen-bond acceptors (Lipinski definition) is 1. The molecule has 0 saturated heterocycles. The largest absolute Gasteiger partial charge is 0.323 e. The van der Waals surface area contributed by atoms with Crippen LogP contribution in [-0.4, -0.2) is 0 Å². The van der Waals surface area contributed by atoms with Gasteiger partial charge in [0.1, 0.15) is 23.3 Å². The van der Waals surface area contributed by atoms with E-state index in [9.17, 15) is 17.6 Å². The molecule has 2 aromatic rings. The van der Waals surface area contributed by atoms with Gasteiger partial charge in [-0.1, -0.05) is 22.0 Å². The second kappa shape index (κ2) is 5.93. The minimum atomic E-state index is -1.03. The van der Waals surface area contributed by atoms with Crippen molar-refractivity contribution in [1.82, 2.24) is 0 Å². The molecule has 20 heavy (non-hydrogen) atoms. The Kier molecular flexibility index (Phi) is 4.45. The normalized spacial score (nSPS) is 12.5. The molecule has 1 atom stereocenters. The molecule has 0 amide bonds. The summed E-state index contributed by atoms with van der Waals surface area (Å²) in [4.78, 5) is 0. The zero-order valence-corrected chi connectivity index (χ0v) is 11.7. The van der Waals surface area contributed by atoms with Crippen LogP contribution in [0.1, 0.15) is 17.2 Å². The Bertz CT molecular complexity index is 622. The lowest BCUT2D eigenvalue weighted by Crippen LogP contribution is -2.17. The summed E-state index contributed by atoms with van der Waals surface area (Å²) < 4.78 is 53.4. The Balaban J connectivity index is 2.31. The van der Waals surface area contributed by atoms with Crippen molar-refractivity contribution in [3.8, 4) is 0 Å². The maximum atomic E-state index is 13.6. The van der Waals surface area contributed by atoms with E-state index in [-0.39, 0.29) is 12.0 Å². The molecule has 0 bridgehead atoms. The topological polar surface area (TPSA) is 26.0 Å². The van der Waals surface area contributed by atoms with Gasteiger partial charge in [0.15, 0.2) is 0 Å². The molecule has 0 aromatic heterocycles. The number of halogens is 5. The molecule has 0 aliphatic heterocycles. The summed E-state index contributed by atoms with van der Waals surface area (Å²) in [5.74, 6) is -3.51. The first-order chi connectivity index (χ1) is 9.38. The van der Waals surface area contributed by atoms with Crippen LogP contribution in [-0.2, 0) is 6.42 Å². The van der Waals surface area contributed by atoms with Crippen molar-refractivity contribution < 1.29 is 17.6 Å². The highest BCUT2D eigenvalue weighted by Crippen LogP contribution is 2.26. The van der Waals surface area contributed by atoms with Crippen LogP contribution in [0.25, 0.3) is 0 Å². The van der Waals surface area contributed by atoms with E-state index >= 15 is 0 Å². The van der Waals surface area contributed by atoms with Crippen molar-refractivity contribution in [3.05, 3.63) is 69.2 Å². The minimum Gasteiger partial charge on any atom is -0.323 e. The molecule has 2 rings (SSSR count). The van der Waals surface area contributed by atoms with Crippen molar-refractivity contribution in [2.75, 3.05) is 0 Å². The van der Waals surface area contributed by atoms with E-state index in [4.69, 9.17) is 5.73 Å². The molecule has 1 unspecified atom stereocenters. The summed E-state index contributed by atoms with van der Waals surface area (Å²) in [6, 6.07) is 4.09. The average Bonchev–Trinajstić information content (AvgIpc) is 2.31. The first-order valence-corrected chi connectivity index (χ1v) is 6.51. The SMILES string of the molecule is NC(Cc1ccc(F)cc1Br)c1c(F)cc(F)cc1F. The van der Waals surface area contributed by atoms with Crippen LogP contribution in [0.2, 0.25) is 0 Å². The maximum Gasteiger partial charge on any atom is 0.133 e. The van der Waals surface area contributed by atoms with Crippen LogP contribution in [0.15, 0.2) is 34.8 Å². The molecular weight excluding hydrogens is 338 g/mol. The second-order valence-corrected chi connectivity index (χ2v) is 5.18. The third-order valence-electron chi connectivity index (χ3n) is 2.87. The van der Waals surface area contributed by atoms with Crippen molar-refractivity contribution in [1.29, 1.82) is 0 Å². The maximum absolute atomic E-state index is 13.6. The Morgan fingerprint density at radius 2 is 1.55 bits per heavy atom. The highest BCUT2D eigenvalue weighted by Gasteiger charge is 2.19. The van der Waals surface area contributed by atoms with Gasteiger partial charge in [0.25, 0.3) is 0 Å². The number of hydrogen-bond donors (Lipinski definition) is 1. The smallest absolute Gasteiger partial charge is 0.133 e. The van der Waals surface area contributed by atoms with Crippen molar-refractivity contribution in [2.24, 2.45) is 5.73 Å². The fraction of sp³-hybridized carbons (Fsp3) is 0.143. The third kappa shape index (κ3) is 3.19. The van der Waals surface area contributed by atoms with Gasteiger partial charge in [0, 0.05) is 28.2 Å². The zero-order chi connectivity index (χ0) is 14.9. The third-order valence-corrected chi connectivity index (χ3v) is 3.61. The fourth-order valence-electron chi connectivity index (χ4n) is 1.93. The number of benzene rings is 2. The first kappa shape index (κ1) is 15.0. The molecule has 0 spiro atoms. The van der Waals surface area contributed by atoms with Crippen LogP contribution in [0, 0.1) is 23.3 Å². The van der Waals surface area contributed by atoms with Crippen LogP contribution < -0.4 is 5.73 Å². The lowest BCUT2D eigenvalue weighted by Gasteiger charge is -2.15. The summed E-state index contributed by atoms with van der Waals surface area (Å²) in [6.45, 7) is 0. The number of nitrogens with two attached hydrogens (primary N) is 1. The van der Waals surface area contributed by atoms with Crippen LogP contribution >= 0.6 is 15.9 Å². The van der Waals surface area contributed by atoms with Gasteiger partial charge in [0.05, 0.1) is 0 Å². The molecule has 2 N–H and O–H groups in total. The van der Waals surface area contributed by atoms with Crippen molar-refractivity contribution in [2.45, 2.75) is 12.5 Å². The molecular formula is C14H10BrF4N. The molecule has 1 nitrogen and oxygen atoms in total. The molecule has 0 saturated carbocycles. The summed E-state index contributed by atoms with van der Waals surface area (Å²) >= 11 is 3.15. The highest BCUT2D eigenvalue weighted by atomic mass is 79.9. The van der Waals surface area contributed by atoms with Crippen LogP contribution in [0.3, 0.4) is 0 Å². The predicted octanol–water partition coefficient (Wildman–Crippen LogP) is 4.25. The fourth-order valence-corrected chi connectivity index (χ4v) is 2.45. The highest BCUT2D eigenvalue weighted by molar-refractivity contribution is 9.10. The quantitative estimate of drug-likeness (QED) is 0.825. The lowest BCUT2D eigenvalue weighted by atomic mass is 9.98. The molecule has 0 heterocycles. The van der Waals surface area contributed by atoms with Gasteiger partial charge in [-0.3, -0.25) is 0 Å². The second-order valence-electron chi connectivity index (χ2n) is 4.33. The van der Waals surface area contributed by atoms with Gasteiger partial charge in [-0.25, -0.2) is 17.6 Å². The Morgan fingerprint density at radius 1 is 0.950 bits per heavy atom. The van der Waals surface area contributed by atoms with E-state index in [1.165, 1.54) is 18.2 Å². The first-order valence-electron chi connectivity index (χ1n) is 5.72. The Labute approximate surface area is 121 Å². The molecule has 0 fully saturated rings. The zero-order valence-electron chi connectivity index (χ0n) is 10.1. The minimum absolute atomic E-state index is 0.0837. The lowest BCUT2D eigenvalue weighted by molar-refractivity contribution is 0.501. The van der Waals surface area contributed by atoms with Gasteiger partial charge in [-0.15, -0.1) is 0 Å². The molecule has 0 aliphatic rings. The van der Waals surface area contributed by atoms with E-state index in [2.05, 4.69) is 15.9 Å². The monoisotopic (exact) mass is 347 g/mol. The van der Waals surface area contributed by atoms with Crippen LogP contribution in [0.4, 0.5) is 17.6 Å². The average molecular weight is 348 g/mol. The summed E-state index contributed by atoms with van der Waals surface area (Å²) in [7, 11) is 0. The standard InChI is InChI=1S/C14H10BrF4N/c15-10-4-8(16)2-1-7(10)3-13(20)14-11(18)5-9(17)6-12(14)19/h1-2,4-6,13H,3,20H2. The Morgan fingerprint density at radius 3 is 2.10 bits per heavy atom. The van der Waals surface area contributed by atoms with Crippen molar-refractivity contribution >= 4 is 15.9 Å². The van der Waals surface area contributed by atoms with Gasteiger partial charge >= 0.3 is 0 Å². The molecule has 106 valence electrons. The van der Waals surface area contributed by atoms with Crippen molar-refractivity contribution in [3.63, 3.8) is 0 Å². The van der Waals surface area contributed by atoms with Gasteiger partial charge < -0.3 is 5.73 Å². The Hall–Kier alpha value is -1.40. The molecule has 2 aromatic carbocycles. The van der Waals surface area contributed by atoms with E-state index in [1.54, 1.807) is 0 Å². The van der Waals surface area contributed by atoms with E-state index < -0.39 is 29.3 Å². The molecule has 6 heteroatoms. The molecule has 0 radical (unpaired) electrons. The molecule has 0 aliphatic carbocycles. The summed E-state index contributed by atoms with van der Waals surface area (Å²) in [6.07, 6.45) is 0.0837. The van der Waals surface area contributed by atoms with Crippen LogP contribution in [0.5, 0.6) is 0 Å².